The van der Waals surface area contributed by atoms with Gasteiger partial charge in [-0.2, -0.15) is 11.8 Å². The predicted molar refractivity (Wildman–Crippen MR) is 64.2 cm³/mol. The van der Waals surface area contributed by atoms with Crippen LogP contribution in [0.3, 0.4) is 0 Å². The summed E-state index contributed by atoms with van der Waals surface area (Å²) in [5.74, 6) is -0.458. The van der Waals surface area contributed by atoms with Crippen molar-refractivity contribution in [3.63, 3.8) is 0 Å². The lowest BCUT2D eigenvalue weighted by atomic mass is 9.94. The zero-order valence-corrected chi connectivity index (χ0v) is 10.5. The summed E-state index contributed by atoms with van der Waals surface area (Å²) in [6.45, 7) is 3.20. The van der Waals surface area contributed by atoms with E-state index in [-0.39, 0.29) is 11.9 Å². The predicted octanol–water partition coefficient (Wildman–Crippen LogP) is 0.767. The number of aliphatic hydroxyl groups excluding tert-OH is 3. The maximum absolute atomic E-state index is 9.87. The Hall–Kier alpha value is -0.460. The fourth-order valence-electron chi connectivity index (χ4n) is 1.29. The summed E-state index contributed by atoms with van der Waals surface area (Å²) in [6, 6.07) is -0.705. The van der Waals surface area contributed by atoms with Crippen molar-refractivity contribution in [2.75, 3.05) is 12.9 Å². The van der Waals surface area contributed by atoms with Crippen molar-refractivity contribution in [1.29, 1.82) is 0 Å². The van der Waals surface area contributed by atoms with Gasteiger partial charge in [0, 0.05) is 22.7 Å². The molecule has 0 heterocycles. The van der Waals surface area contributed by atoms with Gasteiger partial charge in [-0.15, -0.1) is 0 Å². The average Bonchev–Trinajstić information content (AvgIpc) is 2.32. The average molecular weight is 249 g/mol. The van der Waals surface area contributed by atoms with Gasteiger partial charge in [0.25, 0.3) is 0 Å². The van der Waals surface area contributed by atoms with E-state index >= 15 is 0 Å². The van der Waals surface area contributed by atoms with E-state index in [1.807, 2.05) is 13.2 Å². The van der Waals surface area contributed by atoms with Gasteiger partial charge in [0.2, 0.25) is 0 Å². The van der Waals surface area contributed by atoms with Crippen molar-refractivity contribution in [3.8, 4) is 0 Å². The lowest BCUT2D eigenvalue weighted by Crippen LogP contribution is -2.44. The maximum Gasteiger partial charge on any atom is 0.0897 e. The van der Waals surface area contributed by atoms with Crippen molar-refractivity contribution in [2.45, 2.75) is 37.3 Å². The Labute approximate surface area is 99.3 Å². The molecular formula is C9H19N3O3S. The molecule has 0 aliphatic heterocycles. The molecule has 0 aliphatic carbocycles. The second-order valence-electron chi connectivity index (χ2n) is 3.78. The molecule has 0 aromatic heterocycles. The molecule has 0 bridgehead atoms. The first-order chi connectivity index (χ1) is 7.49. The Morgan fingerprint density at radius 2 is 1.88 bits per heavy atom. The van der Waals surface area contributed by atoms with Crippen molar-refractivity contribution >= 4 is 11.8 Å². The third kappa shape index (κ3) is 4.19. The van der Waals surface area contributed by atoms with E-state index in [4.69, 9.17) is 10.6 Å². The van der Waals surface area contributed by atoms with Crippen molar-refractivity contribution in [3.05, 3.63) is 10.4 Å². The highest BCUT2D eigenvalue weighted by molar-refractivity contribution is 7.99. The van der Waals surface area contributed by atoms with E-state index in [1.165, 1.54) is 11.8 Å². The molecule has 16 heavy (non-hydrogen) atoms. The second-order valence-corrected chi connectivity index (χ2v) is 4.99. The molecule has 0 fully saturated rings. The third-order valence-electron chi connectivity index (χ3n) is 2.61. The number of azide groups is 1. The van der Waals surface area contributed by atoms with Gasteiger partial charge in [0.15, 0.2) is 0 Å². The first-order valence-electron chi connectivity index (χ1n) is 5.03. The molecule has 0 amide bonds. The van der Waals surface area contributed by atoms with Gasteiger partial charge in [0.05, 0.1) is 18.2 Å². The van der Waals surface area contributed by atoms with E-state index in [0.29, 0.717) is 0 Å². The second kappa shape index (κ2) is 7.76. The summed E-state index contributed by atoms with van der Waals surface area (Å²) >= 11 is 1.44. The first kappa shape index (κ1) is 15.5. The zero-order valence-electron chi connectivity index (χ0n) is 9.69. The van der Waals surface area contributed by atoms with Crippen LogP contribution in [0.25, 0.3) is 10.4 Å². The minimum absolute atomic E-state index is 0.105. The van der Waals surface area contributed by atoms with Crippen molar-refractivity contribution in [2.24, 2.45) is 11.0 Å². The Kier molecular flexibility index (Phi) is 7.53. The van der Waals surface area contributed by atoms with Crippen LogP contribution in [0, 0.1) is 5.92 Å². The molecule has 94 valence electrons. The third-order valence-corrected chi connectivity index (χ3v) is 3.63. The van der Waals surface area contributed by atoms with Gasteiger partial charge in [0.1, 0.15) is 0 Å². The molecule has 0 aromatic rings. The number of aliphatic hydroxyl groups is 3. The molecule has 3 N–H and O–H groups in total. The van der Waals surface area contributed by atoms with E-state index < -0.39 is 24.2 Å². The molecule has 0 radical (unpaired) electrons. The number of hydrogen-bond donors (Lipinski definition) is 3. The van der Waals surface area contributed by atoms with Gasteiger partial charge in [-0.1, -0.05) is 19.0 Å². The monoisotopic (exact) mass is 249 g/mol. The van der Waals surface area contributed by atoms with E-state index in [2.05, 4.69) is 10.0 Å². The molecule has 6 nitrogen and oxygen atoms in total. The minimum atomic E-state index is -1.17. The van der Waals surface area contributed by atoms with Crippen molar-refractivity contribution in [1.82, 2.24) is 0 Å². The smallest absolute Gasteiger partial charge is 0.0897 e. The Balaban J connectivity index is 4.72. The Morgan fingerprint density at radius 1 is 1.31 bits per heavy atom. The molecule has 7 heteroatoms. The molecule has 0 aromatic carbocycles. The summed E-state index contributed by atoms with van der Waals surface area (Å²) in [5.41, 5.74) is 8.41. The molecule has 3 unspecified atom stereocenters. The summed E-state index contributed by atoms with van der Waals surface area (Å²) in [5, 5.41) is 31.9. The molecule has 0 aliphatic rings. The highest BCUT2D eigenvalue weighted by Gasteiger charge is 2.32. The Morgan fingerprint density at radius 3 is 2.25 bits per heavy atom. The van der Waals surface area contributed by atoms with E-state index in [0.717, 1.165) is 0 Å². The maximum atomic E-state index is 9.87. The molecule has 0 rings (SSSR count). The van der Waals surface area contributed by atoms with Crippen LogP contribution >= 0.6 is 11.8 Å². The fraction of sp³-hybridized carbons (Fsp3) is 1.00. The van der Waals surface area contributed by atoms with Crippen LogP contribution in [-0.2, 0) is 0 Å². The molecule has 0 saturated carbocycles. The standard InChI is InChI=1S/C9H19N3O3S/c1-5(4-13)8(14)9(15)7(11-12-10)6(2)16-3/h5-9,13-15H,4H2,1-3H3/t5?,6-,7?,8-,9?/m1/s1. The van der Waals surface area contributed by atoms with Gasteiger partial charge in [-0.25, -0.2) is 0 Å². The topological polar surface area (TPSA) is 109 Å². The number of thioether (sulfide) groups is 1. The Bertz CT molecular complexity index is 248. The highest BCUT2D eigenvalue weighted by atomic mass is 32.2. The summed E-state index contributed by atoms with van der Waals surface area (Å²) in [7, 11) is 0. The summed E-state index contributed by atoms with van der Waals surface area (Å²) in [6.07, 6.45) is -0.435. The quantitative estimate of drug-likeness (QED) is 0.351. The van der Waals surface area contributed by atoms with Crippen LogP contribution in [0.1, 0.15) is 13.8 Å². The van der Waals surface area contributed by atoms with Crippen LogP contribution in [-0.4, -0.2) is 51.7 Å². The van der Waals surface area contributed by atoms with Crippen LogP contribution < -0.4 is 0 Å². The molecule has 5 atom stereocenters. The van der Waals surface area contributed by atoms with E-state index in [9.17, 15) is 10.2 Å². The number of rotatable bonds is 7. The lowest BCUT2D eigenvalue weighted by molar-refractivity contribution is -0.0373. The van der Waals surface area contributed by atoms with Crippen LogP contribution in [0.15, 0.2) is 5.11 Å². The largest absolute Gasteiger partial charge is 0.396 e. The van der Waals surface area contributed by atoms with Crippen LogP contribution in [0.4, 0.5) is 0 Å². The molecular weight excluding hydrogens is 230 g/mol. The van der Waals surface area contributed by atoms with Gasteiger partial charge < -0.3 is 15.3 Å². The number of hydrogen-bond acceptors (Lipinski definition) is 5. The fourth-order valence-corrected chi connectivity index (χ4v) is 1.78. The normalized spacial score (nSPS) is 20.4. The van der Waals surface area contributed by atoms with Gasteiger partial charge in [-0.3, -0.25) is 0 Å². The van der Waals surface area contributed by atoms with E-state index in [1.54, 1.807) is 6.92 Å². The highest BCUT2D eigenvalue weighted by Crippen LogP contribution is 2.21. The molecule has 0 saturated heterocycles. The minimum Gasteiger partial charge on any atom is -0.396 e. The van der Waals surface area contributed by atoms with Gasteiger partial charge in [-0.05, 0) is 11.8 Å². The summed E-state index contributed by atoms with van der Waals surface area (Å²) < 4.78 is 0. The lowest BCUT2D eigenvalue weighted by Gasteiger charge is -2.29. The first-order valence-corrected chi connectivity index (χ1v) is 6.32. The van der Waals surface area contributed by atoms with Crippen LogP contribution in [0.5, 0.6) is 0 Å². The molecule has 0 spiro atoms. The van der Waals surface area contributed by atoms with Crippen molar-refractivity contribution < 1.29 is 15.3 Å². The van der Waals surface area contributed by atoms with Gasteiger partial charge >= 0.3 is 0 Å². The number of nitrogens with zero attached hydrogens (tertiary/aromatic N) is 3. The SMILES string of the molecule is CS[C@H](C)C(N=[N+]=[N-])C(O)[C@H](O)C(C)CO. The zero-order chi connectivity index (χ0) is 12.7. The summed E-state index contributed by atoms with van der Waals surface area (Å²) in [4.78, 5) is 2.67. The van der Waals surface area contributed by atoms with Crippen LogP contribution in [0.2, 0.25) is 0 Å².